The second-order valence-corrected chi connectivity index (χ2v) is 6.05. The molecule has 0 bridgehead atoms. The van der Waals surface area contributed by atoms with Crippen LogP contribution < -0.4 is 0 Å². The molecule has 0 aliphatic carbocycles. The molecule has 2 atom stereocenters. The number of carbonyl (C=O) groups is 2. The maximum atomic E-state index is 12.1. The summed E-state index contributed by atoms with van der Waals surface area (Å²) in [6.07, 6.45) is -0.876. The van der Waals surface area contributed by atoms with Crippen LogP contribution in [0.3, 0.4) is 0 Å². The Morgan fingerprint density at radius 2 is 2.00 bits per heavy atom. The Kier molecular flexibility index (Phi) is 4.94. The summed E-state index contributed by atoms with van der Waals surface area (Å²) in [6, 6.07) is 9.39. The molecule has 120 valence electrons. The molecule has 2 rings (SSSR count). The van der Waals surface area contributed by atoms with Gasteiger partial charge in [0, 0.05) is 13.8 Å². The van der Waals surface area contributed by atoms with Crippen molar-refractivity contribution in [2.75, 3.05) is 0 Å². The van der Waals surface area contributed by atoms with E-state index in [0.717, 1.165) is 5.56 Å². The van der Waals surface area contributed by atoms with Crippen molar-refractivity contribution in [3.05, 3.63) is 35.9 Å². The highest BCUT2D eigenvalue weighted by Gasteiger charge is 2.56. The van der Waals surface area contributed by atoms with E-state index in [1.165, 1.54) is 0 Å². The van der Waals surface area contributed by atoms with Gasteiger partial charge in [-0.05, 0) is 12.0 Å². The van der Waals surface area contributed by atoms with Crippen molar-refractivity contribution in [2.24, 2.45) is 0 Å². The summed E-state index contributed by atoms with van der Waals surface area (Å²) >= 11 is 3.93. The molecule has 1 aliphatic heterocycles. The number of carbonyl (C=O) groups excluding carboxylic acids is 2. The first kappa shape index (κ1) is 17.0. The van der Waals surface area contributed by atoms with Gasteiger partial charge >= 0.3 is 5.97 Å². The van der Waals surface area contributed by atoms with Crippen LogP contribution in [-0.4, -0.2) is 28.6 Å². The lowest BCUT2D eigenvalue weighted by Crippen LogP contribution is -2.52. The molecular weight excluding hydrogens is 304 g/mol. The third-order valence-corrected chi connectivity index (χ3v) is 3.99. The standard InChI is InChI=1S/C16H20O5S/c1-4-16(14(18)22,12-13(17)21-15(2,3)20-12)19-10-11-8-6-5-7-9-11/h5-9,12H,4,10H2,1-3H3,(H,18,22). The largest absolute Gasteiger partial charge is 0.432 e. The monoisotopic (exact) mass is 324 g/mol. The summed E-state index contributed by atoms with van der Waals surface area (Å²) in [5.41, 5.74) is -0.579. The second kappa shape index (κ2) is 6.40. The Hall–Kier alpha value is -1.37. The molecular formula is C16H20O5S. The number of hydrogen-bond donors (Lipinski definition) is 1. The zero-order valence-electron chi connectivity index (χ0n) is 12.9. The topological polar surface area (TPSA) is 61.8 Å². The average Bonchev–Trinajstić information content (AvgIpc) is 2.74. The number of ether oxygens (including phenoxy) is 3. The molecule has 1 aliphatic rings. The first-order chi connectivity index (χ1) is 10.3. The van der Waals surface area contributed by atoms with Gasteiger partial charge in [0.1, 0.15) is 0 Å². The van der Waals surface area contributed by atoms with Crippen LogP contribution in [0.25, 0.3) is 0 Å². The first-order valence-electron chi connectivity index (χ1n) is 7.12. The van der Waals surface area contributed by atoms with E-state index in [9.17, 15) is 9.59 Å². The highest BCUT2D eigenvalue weighted by atomic mass is 32.1. The Morgan fingerprint density at radius 3 is 2.45 bits per heavy atom. The van der Waals surface area contributed by atoms with Crippen LogP contribution in [0.15, 0.2) is 30.3 Å². The van der Waals surface area contributed by atoms with Gasteiger partial charge < -0.3 is 14.2 Å². The van der Waals surface area contributed by atoms with Gasteiger partial charge in [-0.1, -0.05) is 37.3 Å². The van der Waals surface area contributed by atoms with E-state index in [-0.39, 0.29) is 13.0 Å². The molecule has 22 heavy (non-hydrogen) atoms. The lowest BCUT2D eigenvalue weighted by molar-refractivity contribution is -0.187. The summed E-state index contributed by atoms with van der Waals surface area (Å²) in [5, 5.41) is -0.550. The molecule has 5 nitrogen and oxygen atoms in total. The van der Waals surface area contributed by atoms with Crippen molar-refractivity contribution >= 4 is 23.7 Å². The number of esters is 1. The smallest absolute Gasteiger partial charge is 0.341 e. The van der Waals surface area contributed by atoms with Crippen LogP contribution in [-0.2, 0) is 30.4 Å². The molecule has 0 saturated carbocycles. The minimum absolute atomic E-state index is 0.175. The SMILES string of the molecule is CCC(OCc1ccccc1)(C(=O)S)C1OC(C)(C)OC1=O. The highest BCUT2D eigenvalue weighted by Crippen LogP contribution is 2.36. The normalized spacial score (nSPS) is 22.9. The molecule has 0 aromatic heterocycles. The molecule has 1 heterocycles. The highest BCUT2D eigenvalue weighted by molar-refractivity contribution is 7.96. The minimum atomic E-state index is -1.47. The Morgan fingerprint density at radius 1 is 1.36 bits per heavy atom. The summed E-state index contributed by atoms with van der Waals surface area (Å²) in [7, 11) is 0. The minimum Gasteiger partial charge on any atom is -0.432 e. The number of rotatable bonds is 6. The van der Waals surface area contributed by atoms with Gasteiger partial charge in [-0.25, -0.2) is 4.79 Å². The molecule has 0 N–H and O–H groups in total. The van der Waals surface area contributed by atoms with E-state index in [0.29, 0.717) is 0 Å². The molecule has 2 unspecified atom stereocenters. The van der Waals surface area contributed by atoms with E-state index < -0.39 is 28.6 Å². The maximum Gasteiger partial charge on any atom is 0.341 e. The quantitative estimate of drug-likeness (QED) is 0.643. The molecule has 6 heteroatoms. The first-order valence-corrected chi connectivity index (χ1v) is 7.57. The molecule has 0 amide bonds. The van der Waals surface area contributed by atoms with E-state index in [1.54, 1.807) is 20.8 Å². The van der Waals surface area contributed by atoms with Crippen LogP contribution in [0.1, 0.15) is 32.8 Å². The third kappa shape index (κ3) is 3.34. The molecule has 0 radical (unpaired) electrons. The van der Waals surface area contributed by atoms with Crippen LogP contribution in [0.4, 0.5) is 0 Å². The average molecular weight is 324 g/mol. The zero-order valence-corrected chi connectivity index (χ0v) is 13.8. The lowest BCUT2D eigenvalue weighted by atomic mass is 9.94. The van der Waals surface area contributed by atoms with Gasteiger partial charge in [0.05, 0.1) is 6.61 Å². The van der Waals surface area contributed by atoms with Crippen molar-refractivity contribution in [3.8, 4) is 0 Å². The number of benzene rings is 1. The fourth-order valence-corrected chi connectivity index (χ4v) is 2.75. The summed E-state index contributed by atoms with van der Waals surface area (Å²) in [5.74, 6) is -1.69. The van der Waals surface area contributed by atoms with Gasteiger partial charge in [0.15, 0.2) is 11.7 Å². The molecule has 1 saturated heterocycles. The molecule has 1 fully saturated rings. The fraction of sp³-hybridized carbons (Fsp3) is 0.500. The summed E-state index contributed by atoms with van der Waals surface area (Å²) < 4.78 is 16.6. The Bertz CT molecular complexity index is 557. The van der Waals surface area contributed by atoms with Gasteiger partial charge in [-0.2, -0.15) is 0 Å². The molecule has 1 aromatic rings. The van der Waals surface area contributed by atoms with Crippen LogP contribution >= 0.6 is 12.6 Å². The van der Waals surface area contributed by atoms with E-state index in [1.807, 2.05) is 30.3 Å². The van der Waals surface area contributed by atoms with Crippen molar-refractivity contribution in [2.45, 2.75) is 51.3 Å². The van der Waals surface area contributed by atoms with Crippen molar-refractivity contribution in [3.63, 3.8) is 0 Å². The van der Waals surface area contributed by atoms with Crippen LogP contribution in [0, 0.1) is 0 Å². The Labute approximate surface area is 135 Å². The lowest BCUT2D eigenvalue weighted by Gasteiger charge is -2.33. The van der Waals surface area contributed by atoms with Gasteiger partial charge in [0.25, 0.3) is 0 Å². The summed E-state index contributed by atoms with van der Waals surface area (Å²) in [6.45, 7) is 5.16. The second-order valence-electron chi connectivity index (χ2n) is 5.64. The van der Waals surface area contributed by atoms with Crippen molar-refractivity contribution < 1.29 is 23.8 Å². The number of thiol groups is 1. The molecule has 0 spiro atoms. The van der Waals surface area contributed by atoms with Crippen LogP contribution in [0.2, 0.25) is 0 Å². The number of cyclic esters (lactones) is 1. The number of hydrogen-bond acceptors (Lipinski definition) is 5. The zero-order chi connectivity index (χ0) is 16.4. The van der Waals surface area contributed by atoms with E-state index >= 15 is 0 Å². The van der Waals surface area contributed by atoms with E-state index in [4.69, 9.17) is 14.2 Å². The fourth-order valence-electron chi connectivity index (χ4n) is 2.41. The van der Waals surface area contributed by atoms with Gasteiger partial charge in [0.2, 0.25) is 10.9 Å². The molecule has 1 aromatic carbocycles. The van der Waals surface area contributed by atoms with Gasteiger partial charge in [-0.3, -0.25) is 4.79 Å². The van der Waals surface area contributed by atoms with E-state index in [2.05, 4.69) is 12.6 Å². The van der Waals surface area contributed by atoms with Crippen molar-refractivity contribution in [1.82, 2.24) is 0 Å². The van der Waals surface area contributed by atoms with Crippen molar-refractivity contribution in [1.29, 1.82) is 0 Å². The maximum absolute atomic E-state index is 12.1. The predicted molar refractivity (Wildman–Crippen MR) is 83.3 cm³/mol. The Balaban J connectivity index is 2.25. The predicted octanol–water partition coefficient (Wildman–Crippen LogP) is 2.49. The van der Waals surface area contributed by atoms with Gasteiger partial charge in [-0.15, -0.1) is 12.6 Å². The third-order valence-electron chi connectivity index (χ3n) is 3.61. The van der Waals surface area contributed by atoms with Crippen LogP contribution in [0.5, 0.6) is 0 Å². The summed E-state index contributed by atoms with van der Waals surface area (Å²) in [4.78, 5) is 24.2.